The van der Waals surface area contributed by atoms with Crippen molar-refractivity contribution in [1.82, 2.24) is 0 Å². The lowest BCUT2D eigenvalue weighted by Crippen LogP contribution is -2.35. The van der Waals surface area contributed by atoms with Gasteiger partial charge < -0.3 is 0 Å². The quantitative estimate of drug-likeness (QED) is 0.309. The summed E-state index contributed by atoms with van der Waals surface area (Å²) in [5.41, 5.74) is 0. The molecule has 0 bridgehead atoms. The van der Waals surface area contributed by atoms with Crippen molar-refractivity contribution in [2.75, 3.05) is 0 Å². The summed E-state index contributed by atoms with van der Waals surface area (Å²) in [4.78, 5) is 8.14. The Morgan fingerprint density at radius 2 is 2.06 bits per heavy atom. The molecule has 1 saturated carbocycles. The second-order valence-electron chi connectivity index (χ2n) is 3.95. The van der Waals surface area contributed by atoms with Gasteiger partial charge in [0.05, 0.1) is 6.04 Å². The Labute approximate surface area is 125 Å². The Morgan fingerprint density at radius 1 is 1.38 bits per heavy atom. The molecule has 0 radical (unpaired) electrons. The molecule has 5 unspecified atom stereocenters. The van der Waals surface area contributed by atoms with Gasteiger partial charge in [-0.25, -0.2) is 14.4 Å². The molecule has 0 aromatic carbocycles. The van der Waals surface area contributed by atoms with Gasteiger partial charge in [0.25, 0.3) is 0 Å². The van der Waals surface area contributed by atoms with Gasteiger partial charge in [-0.3, -0.25) is 0 Å². The maximum absolute atomic E-state index is 14.0. The molecule has 2 nitrogen and oxygen atoms in total. The van der Waals surface area contributed by atoms with Gasteiger partial charge in [-0.05, 0) is 24.4 Å². The first-order chi connectivity index (χ1) is 7.49. The molecule has 1 heterocycles. The van der Waals surface area contributed by atoms with Crippen LogP contribution in [0.25, 0.3) is 0 Å². The minimum absolute atomic E-state index is 0.0620. The molecular formula is C9H9BrCl2FIN2. The van der Waals surface area contributed by atoms with Crippen LogP contribution in [0.1, 0.15) is 12.8 Å². The van der Waals surface area contributed by atoms with Crippen LogP contribution in [0.2, 0.25) is 0 Å². The molecule has 0 aromatic rings. The fourth-order valence-corrected chi connectivity index (χ4v) is 3.98. The van der Waals surface area contributed by atoms with E-state index in [1.54, 1.807) is 0 Å². The van der Waals surface area contributed by atoms with E-state index < -0.39 is 12.2 Å². The van der Waals surface area contributed by atoms with Crippen molar-refractivity contribution >= 4 is 72.2 Å². The molecule has 1 aliphatic carbocycles. The van der Waals surface area contributed by atoms with Gasteiger partial charge >= 0.3 is 0 Å². The van der Waals surface area contributed by atoms with E-state index >= 15 is 0 Å². The molecule has 2 rings (SSSR count). The Bertz CT molecular complexity index is 352. The van der Waals surface area contributed by atoms with Crippen LogP contribution in [0, 0.1) is 5.92 Å². The van der Waals surface area contributed by atoms with E-state index in [9.17, 15) is 4.39 Å². The van der Waals surface area contributed by atoms with Gasteiger partial charge in [0.2, 0.25) is 5.29 Å². The monoisotopic (exact) mass is 440 g/mol. The molecule has 0 amide bonds. The summed E-state index contributed by atoms with van der Waals surface area (Å²) in [6, 6.07) is -0.475. The van der Waals surface area contributed by atoms with Crippen LogP contribution < -0.4 is 0 Å². The van der Waals surface area contributed by atoms with E-state index in [1.807, 2.05) is 0 Å². The minimum atomic E-state index is -1.02. The smallest absolute Gasteiger partial charge is 0.219 e. The Balaban J connectivity index is 2.30. The van der Waals surface area contributed by atoms with E-state index in [4.69, 9.17) is 23.2 Å². The van der Waals surface area contributed by atoms with Crippen LogP contribution in [0.15, 0.2) is 9.98 Å². The van der Waals surface area contributed by atoms with Crippen LogP contribution in [-0.2, 0) is 0 Å². The lowest BCUT2D eigenvalue weighted by molar-refractivity contribution is 0.255. The summed E-state index contributed by atoms with van der Waals surface area (Å²) >= 11 is 17.6. The average molecular weight is 442 g/mol. The Morgan fingerprint density at radius 3 is 2.75 bits per heavy atom. The van der Waals surface area contributed by atoms with Crippen molar-refractivity contribution in [3.8, 4) is 0 Å². The number of alkyl halides is 3. The van der Waals surface area contributed by atoms with Crippen molar-refractivity contribution in [3.63, 3.8) is 0 Å². The average Bonchev–Trinajstić information content (AvgIpc) is 2.29. The number of aliphatic imine (C=N–C) groups is 2. The van der Waals surface area contributed by atoms with Gasteiger partial charge in [-0.1, -0.05) is 50.1 Å². The molecule has 0 saturated heterocycles. The summed E-state index contributed by atoms with van der Waals surface area (Å²) in [7, 11) is 0. The highest BCUT2D eigenvalue weighted by Crippen LogP contribution is 2.38. The maximum Gasteiger partial charge on any atom is 0.219 e. The number of amidine groups is 1. The summed E-state index contributed by atoms with van der Waals surface area (Å²) in [6.45, 7) is 0. The second kappa shape index (κ2) is 5.36. The van der Waals surface area contributed by atoms with Crippen LogP contribution in [0.3, 0.4) is 0 Å². The van der Waals surface area contributed by atoms with Crippen molar-refractivity contribution in [1.29, 1.82) is 0 Å². The number of nitrogens with zero attached hydrogens (tertiary/aromatic N) is 2. The minimum Gasteiger partial charge on any atom is -0.249 e. The predicted molar refractivity (Wildman–Crippen MR) is 78.5 cm³/mol. The highest BCUT2D eigenvalue weighted by atomic mass is 127. The van der Waals surface area contributed by atoms with E-state index in [0.29, 0.717) is 15.5 Å². The third-order valence-electron chi connectivity index (χ3n) is 2.87. The molecule has 0 aromatic heterocycles. The number of rotatable bonds is 0. The standard InChI is InChI=1S/C9H9BrCl2FIN2/c10-4-2-5(13)7-3(1-6(4)14)8(11)16-9(12)15-7/h3-7H,1-2H2. The van der Waals surface area contributed by atoms with E-state index in [1.165, 1.54) is 0 Å². The van der Waals surface area contributed by atoms with E-state index in [2.05, 4.69) is 48.5 Å². The zero-order valence-corrected chi connectivity index (χ0v) is 13.3. The summed E-state index contributed by atoms with van der Waals surface area (Å²) in [5, 5.41) is 0.447. The molecule has 90 valence electrons. The molecule has 7 heteroatoms. The van der Waals surface area contributed by atoms with Crippen LogP contribution in [-0.4, -0.2) is 31.4 Å². The molecule has 0 N–H and O–H groups in total. The van der Waals surface area contributed by atoms with Crippen molar-refractivity contribution < 1.29 is 4.39 Å². The van der Waals surface area contributed by atoms with Crippen molar-refractivity contribution in [3.05, 3.63) is 0 Å². The largest absolute Gasteiger partial charge is 0.249 e. The first-order valence-corrected chi connectivity index (χ1v) is 7.80. The molecule has 16 heavy (non-hydrogen) atoms. The molecule has 2 aliphatic rings. The highest BCUT2D eigenvalue weighted by Gasteiger charge is 2.41. The lowest BCUT2D eigenvalue weighted by Gasteiger charge is -2.26. The fourth-order valence-electron chi connectivity index (χ4n) is 2.02. The Kier molecular flexibility index (Phi) is 4.52. The third kappa shape index (κ3) is 2.72. The second-order valence-corrected chi connectivity index (χ2v) is 7.45. The van der Waals surface area contributed by atoms with Crippen molar-refractivity contribution in [2.24, 2.45) is 15.9 Å². The first-order valence-electron chi connectivity index (χ1n) is 4.88. The van der Waals surface area contributed by atoms with Gasteiger partial charge in [-0.15, -0.1) is 0 Å². The van der Waals surface area contributed by atoms with Gasteiger partial charge in [0.1, 0.15) is 11.3 Å². The first kappa shape index (κ1) is 13.5. The zero-order chi connectivity index (χ0) is 11.9. The predicted octanol–water partition coefficient (Wildman–Crippen LogP) is 3.92. The third-order valence-corrected chi connectivity index (χ3v) is 6.79. The Hall–Kier alpha value is 1.06. The topological polar surface area (TPSA) is 24.7 Å². The molecular weight excluding hydrogens is 433 g/mol. The van der Waals surface area contributed by atoms with Crippen molar-refractivity contribution in [2.45, 2.75) is 33.8 Å². The fraction of sp³-hybridized carbons (Fsp3) is 0.778. The van der Waals surface area contributed by atoms with Crippen LogP contribution in [0.4, 0.5) is 4.39 Å². The normalized spacial score (nSPS) is 44.2. The highest BCUT2D eigenvalue weighted by molar-refractivity contribution is 14.1. The number of hydrogen-bond donors (Lipinski definition) is 0. The van der Waals surface area contributed by atoms with Gasteiger partial charge in [0, 0.05) is 14.7 Å². The SMILES string of the molecule is FC1CC(Br)C(I)CC2C(Cl)=NC(Cl)=NC12. The van der Waals surface area contributed by atoms with E-state index in [0.717, 1.165) is 6.42 Å². The molecule has 1 fully saturated rings. The number of fused-ring (bicyclic) bond motifs is 1. The van der Waals surface area contributed by atoms with Crippen LogP contribution in [0.5, 0.6) is 0 Å². The van der Waals surface area contributed by atoms with Crippen LogP contribution >= 0.6 is 61.7 Å². The summed E-state index contributed by atoms with van der Waals surface area (Å²) in [5.74, 6) is -0.136. The zero-order valence-electron chi connectivity index (χ0n) is 8.09. The molecule has 1 aliphatic heterocycles. The van der Waals surface area contributed by atoms with Gasteiger partial charge in [-0.2, -0.15) is 0 Å². The summed E-state index contributed by atoms with van der Waals surface area (Å²) < 4.78 is 14.4. The maximum atomic E-state index is 14.0. The van der Waals surface area contributed by atoms with E-state index in [-0.39, 0.29) is 16.0 Å². The molecule has 5 atom stereocenters. The van der Waals surface area contributed by atoms with Gasteiger partial charge in [0.15, 0.2) is 0 Å². The number of hydrogen-bond acceptors (Lipinski definition) is 2. The summed E-state index contributed by atoms with van der Waals surface area (Å²) in [6.07, 6.45) is 0.191. The number of halogens is 5. The lowest BCUT2D eigenvalue weighted by atomic mass is 9.94. The molecule has 0 spiro atoms.